The van der Waals surface area contributed by atoms with Gasteiger partial charge in [-0.05, 0) is 40.1 Å². The van der Waals surface area contributed by atoms with E-state index in [-0.39, 0.29) is 17.0 Å². The molecule has 5 nitrogen and oxygen atoms in total. The van der Waals surface area contributed by atoms with Crippen molar-refractivity contribution in [2.45, 2.75) is 30.0 Å². The van der Waals surface area contributed by atoms with Crippen LogP contribution in [0.5, 0.6) is 0 Å². The number of hydrogen-bond donors (Lipinski definition) is 2. The molecule has 2 aromatic rings. The molecule has 0 aliphatic rings. The van der Waals surface area contributed by atoms with Gasteiger partial charge in [0.15, 0.2) is 0 Å². The third-order valence-corrected chi connectivity index (χ3v) is 5.61. The van der Waals surface area contributed by atoms with Crippen LogP contribution in [0.3, 0.4) is 0 Å². The lowest BCUT2D eigenvalue weighted by Gasteiger charge is -2.15. The molecule has 1 atom stereocenters. The average molecular weight is 427 g/mol. The van der Waals surface area contributed by atoms with E-state index in [1.165, 1.54) is 35.6 Å². The summed E-state index contributed by atoms with van der Waals surface area (Å²) in [6.45, 7) is -2.18. The molecule has 0 spiro atoms. The second kappa shape index (κ2) is 9.11. The zero-order valence-corrected chi connectivity index (χ0v) is 15.5. The maximum Gasteiger partial charge on any atom is 0.330 e. The minimum Gasteiger partial charge on any atom is -0.387 e. The van der Waals surface area contributed by atoms with Crippen molar-refractivity contribution in [2.75, 3.05) is 13.2 Å². The molecule has 0 radical (unpaired) electrons. The Bertz CT molecular complexity index is 829. The lowest BCUT2D eigenvalue weighted by Crippen LogP contribution is -2.32. The predicted molar refractivity (Wildman–Crippen MR) is 91.5 cm³/mol. The van der Waals surface area contributed by atoms with Gasteiger partial charge >= 0.3 is 12.3 Å². The average Bonchev–Trinajstić information content (AvgIpc) is 3.14. The first-order valence-electron chi connectivity index (χ1n) is 7.64. The van der Waals surface area contributed by atoms with Gasteiger partial charge in [0, 0.05) is 6.54 Å². The molecule has 0 bridgehead atoms. The first kappa shape index (κ1) is 21.8. The molecule has 150 valence electrons. The van der Waals surface area contributed by atoms with Crippen molar-refractivity contribution in [2.24, 2.45) is 0 Å². The van der Waals surface area contributed by atoms with Gasteiger partial charge in [-0.1, -0.05) is 12.1 Å². The van der Waals surface area contributed by atoms with Gasteiger partial charge in [0.2, 0.25) is 10.0 Å². The van der Waals surface area contributed by atoms with Crippen molar-refractivity contribution >= 4 is 21.4 Å². The molecule has 1 aromatic carbocycles. The highest BCUT2D eigenvalue weighted by Crippen LogP contribution is 2.23. The fourth-order valence-corrected chi connectivity index (χ4v) is 3.84. The fraction of sp³-hybridized carbons (Fsp3) is 0.375. The highest BCUT2D eigenvalue weighted by Gasteiger charge is 2.40. The van der Waals surface area contributed by atoms with Gasteiger partial charge in [-0.25, -0.2) is 21.9 Å². The largest absolute Gasteiger partial charge is 0.387 e. The Kier molecular flexibility index (Phi) is 7.34. The zero-order valence-electron chi connectivity index (χ0n) is 13.8. The van der Waals surface area contributed by atoms with Gasteiger partial charge in [0.05, 0.1) is 17.6 Å². The van der Waals surface area contributed by atoms with Gasteiger partial charge in [-0.15, -0.1) is 0 Å². The molecule has 0 aliphatic heterocycles. The van der Waals surface area contributed by atoms with Crippen LogP contribution in [0.1, 0.15) is 17.2 Å². The van der Waals surface area contributed by atoms with Crippen LogP contribution >= 0.6 is 11.3 Å². The van der Waals surface area contributed by atoms with Crippen LogP contribution in [0, 0.1) is 0 Å². The summed E-state index contributed by atoms with van der Waals surface area (Å²) >= 11 is 1.36. The molecule has 0 aliphatic carbocycles. The minimum absolute atomic E-state index is 0.165. The standard InChI is InChI=1S/C16H17F4NO4S2/c17-15(18)16(19,20)10-25-8-11-2-1-3-13(6-11)27(23,24)21-7-14(22)12-4-5-26-9-12/h1-6,9,14-15,21-22H,7-8,10H2/t14-/m1/s1. The second-order valence-corrected chi connectivity index (χ2v) is 8.17. The Morgan fingerprint density at radius 1 is 1.26 bits per heavy atom. The van der Waals surface area contributed by atoms with E-state index in [4.69, 9.17) is 0 Å². The van der Waals surface area contributed by atoms with E-state index in [1.807, 2.05) is 0 Å². The van der Waals surface area contributed by atoms with E-state index in [0.717, 1.165) is 0 Å². The van der Waals surface area contributed by atoms with Crippen molar-refractivity contribution in [3.63, 3.8) is 0 Å². The maximum absolute atomic E-state index is 12.8. The van der Waals surface area contributed by atoms with E-state index in [0.29, 0.717) is 5.56 Å². The number of aliphatic hydroxyl groups excluding tert-OH is 1. The van der Waals surface area contributed by atoms with Crippen LogP contribution in [0.15, 0.2) is 46.0 Å². The SMILES string of the molecule is O=S(=O)(NC[C@@H](O)c1ccsc1)c1cccc(COCC(F)(F)C(F)F)c1. The maximum atomic E-state index is 12.8. The van der Waals surface area contributed by atoms with Crippen LogP contribution in [-0.4, -0.2) is 39.0 Å². The molecular formula is C16H17F4NO4S2. The van der Waals surface area contributed by atoms with Crippen molar-refractivity contribution in [1.82, 2.24) is 4.72 Å². The lowest BCUT2D eigenvalue weighted by molar-refractivity contribution is -0.168. The van der Waals surface area contributed by atoms with Crippen molar-refractivity contribution in [3.05, 3.63) is 52.2 Å². The third-order valence-electron chi connectivity index (χ3n) is 3.49. The van der Waals surface area contributed by atoms with Gasteiger partial charge < -0.3 is 9.84 Å². The summed E-state index contributed by atoms with van der Waals surface area (Å²) in [7, 11) is -3.97. The Labute approximate surface area is 157 Å². The molecule has 0 amide bonds. The lowest BCUT2D eigenvalue weighted by atomic mass is 10.2. The van der Waals surface area contributed by atoms with E-state index in [2.05, 4.69) is 9.46 Å². The first-order chi connectivity index (χ1) is 12.6. The zero-order chi connectivity index (χ0) is 20.1. The van der Waals surface area contributed by atoms with Gasteiger partial charge in [0.25, 0.3) is 0 Å². The van der Waals surface area contributed by atoms with Crippen LogP contribution in [-0.2, 0) is 21.4 Å². The summed E-state index contributed by atoms with van der Waals surface area (Å²) in [5, 5.41) is 13.4. The molecule has 11 heteroatoms. The molecular weight excluding hydrogens is 410 g/mol. The van der Waals surface area contributed by atoms with Crippen LogP contribution in [0.25, 0.3) is 0 Å². The van der Waals surface area contributed by atoms with E-state index in [1.54, 1.807) is 16.8 Å². The van der Waals surface area contributed by atoms with Crippen LogP contribution in [0.4, 0.5) is 17.6 Å². The fourth-order valence-electron chi connectivity index (χ4n) is 2.02. The summed E-state index contributed by atoms with van der Waals surface area (Å²) < 4.78 is 81.2. The molecule has 0 saturated carbocycles. The second-order valence-electron chi connectivity index (χ2n) is 5.63. The minimum atomic E-state index is -4.27. The number of aliphatic hydroxyl groups is 1. The number of nitrogens with one attached hydrogen (secondary N) is 1. The van der Waals surface area contributed by atoms with Gasteiger partial charge in [-0.2, -0.15) is 20.1 Å². The van der Waals surface area contributed by atoms with Crippen molar-refractivity contribution in [1.29, 1.82) is 0 Å². The van der Waals surface area contributed by atoms with Crippen molar-refractivity contribution < 1.29 is 35.8 Å². The first-order valence-corrected chi connectivity index (χ1v) is 10.1. The normalized spacial score (nSPS) is 13.9. The Hall–Kier alpha value is -1.53. The number of rotatable bonds is 10. The van der Waals surface area contributed by atoms with Crippen LogP contribution in [0.2, 0.25) is 0 Å². The molecule has 2 rings (SSSR count). The van der Waals surface area contributed by atoms with E-state index in [9.17, 15) is 31.1 Å². The highest BCUT2D eigenvalue weighted by atomic mass is 32.2. The third kappa shape index (κ3) is 6.25. The number of hydrogen-bond acceptors (Lipinski definition) is 5. The highest BCUT2D eigenvalue weighted by molar-refractivity contribution is 7.89. The summed E-state index contributed by atoms with van der Waals surface area (Å²) in [5.74, 6) is -4.27. The molecule has 0 fully saturated rings. The number of halogens is 4. The quantitative estimate of drug-likeness (QED) is 0.571. The summed E-state index contributed by atoms with van der Waals surface area (Å²) in [5.41, 5.74) is 0.797. The molecule has 0 unspecified atom stereocenters. The monoisotopic (exact) mass is 427 g/mol. The smallest absolute Gasteiger partial charge is 0.330 e. The van der Waals surface area contributed by atoms with Gasteiger partial charge in [0.1, 0.15) is 6.61 Å². The van der Waals surface area contributed by atoms with Gasteiger partial charge in [-0.3, -0.25) is 0 Å². The molecule has 2 N–H and O–H groups in total. The molecule has 0 saturated heterocycles. The van der Waals surface area contributed by atoms with E-state index < -0.39 is 41.7 Å². The number of sulfonamides is 1. The number of ether oxygens (including phenoxy) is 1. The Morgan fingerprint density at radius 2 is 2.00 bits per heavy atom. The molecule has 1 heterocycles. The van der Waals surface area contributed by atoms with Crippen LogP contribution < -0.4 is 4.72 Å². The topological polar surface area (TPSA) is 75.6 Å². The van der Waals surface area contributed by atoms with E-state index >= 15 is 0 Å². The Balaban J connectivity index is 1.96. The number of alkyl halides is 4. The number of thiophene rings is 1. The molecule has 27 heavy (non-hydrogen) atoms. The summed E-state index contributed by atoms with van der Waals surface area (Å²) in [6, 6.07) is 6.90. The Morgan fingerprint density at radius 3 is 2.63 bits per heavy atom. The molecule has 1 aromatic heterocycles. The van der Waals surface area contributed by atoms with Crippen molar-refractivity contribution in [3.8, 4) is 0 Å². The predicted octanol–water partition coefficient (Wildman–Crippen LogP) is 3.18. The summed E-state index contributed by atoms with van der Waals surface area (Å²) in [6.07, 6.45) is -4.86. The summed E-state index contributed by atoms with van der Waals surface area (Å²) in [4.78, 5) is -0.165. The number of benzene rings is 1.